The standard InChI is InChI=1S/C12H9BrFN3O2/c13-9-3-8(5-15-7-9)6-16-12-2-1-10(17(18)19)4-11(12)14/h1-5,7,16H,6H2. The Morgan fingerprint density at radius 2 is 2.16 bits per heavy atom. The quantitative estimate of drug-likeness (QED) is 0.690. The molecule has 1 heterocycles. The maximum absolute atomic E-state index is 13.6. The summed E-state index contributed by atoms with van der Waals surface area (Å²) < 4.78 is 14.4. The number of aromatic nitrogens is 1. The molecule has 0 atom stereocenters. The summed E-state index contributed by atoms with van der Waals surface area (Å²) in [5.74, 6) is -0.655. The highest BCUT2D eigenvalue weighted by atomic mass is 79.9. The van der Waals surface area contributed by atoms with Gasteiger partial charge in [0.25, 0.3) is 5.69 Å². The van der Waals surface area contributed by atoms with Crippen molar-refractivity contribution < 1.29 is 9.31 Å². The molecule has 0 fully saturated rings. The van der Waals surface area contributed by atoms with Crippen LogP contribution in [0.5, 0.6) is 0 Å². The van der Waals surface area contributed by atoms with Gasteiger partial charge in [0, 0.05) is 29.5 Å². The lowest BCUT2D eigenvalue weighted by atomic mass is 10.2. The fraction of sp³-hybridized carbons (Fsp3) is 0.0833. The number of hydrogen-bond acceptors (Lipinski definition) is 4. The van der Waals surface area contributed by atoms with E-state index in [1.54, 1.807) is 12.4 Å². The predicted octanol–water partition coefficient (Wildman–Crippen LogP) is 3.50. The highest BCUT2D eigenvalue weighted by Gasteiger charge is 2.10. The molecule has 2 aromatic rings. The van der Waals surface area contributed by atoms with Gasteiger partial charge in [-0.2, -0.15) is 0 Å². The molecule has 7 heteroatoms. The summed E-state index contributed by atoms with van der Waals surface area (Å²) in [5.41, 5.74) is 0.810. The van der Waals surface area contributed by atoms with Crippen molar-refractivity contribution in [3.05, 3.63) is 62.6 Å². The largest absolute Gasteiger partial charge is 0.379 e. The van der Waals surface area contributed by atoms with Crippen LogP contribution in [-0.4, -0.2) is 9.91 Å². The van der Waals surface area contributed by atoms with Crippen LogP contribution in [-0.2, 0) is 6.54 Å². The van der Waals surface area contributed by atoms with Crippen LogP contribution >= 0.6 is 15.9 Å². The second-order valence-corrected chi connectivity index (χ2v) is 4.70. The number of non-ortho nitro benzene ring substituents is 1. The van der Waals surface area contributed by atoms with E-state index >= 15 is 0 Å². The highest BCUT2D eigenvalue weighted by molar-refractivity contribution is 9.10. The van der Waals surface area contributed by atoms with Gasteiger partial charge in [0.05, 0.1) is 16.7 Å². The zero-order valence-corrected chi connectivity index (χ0v) is 11.2. The summed E-state index contributed by atoms with van der Waals surface area (Å²) in [5, 5.41) is 13.4. The maximum Gasteiger partial charge on any atom is 0.272 e. The molecule has 98 valence electrons. The average Bonchev–Trinajstić information content (AvgIpc) is 2.37. The van der Waals surface area contributed by atoms with Crippen molar-refractivity contribution >= 4 is 27.3 Å². The van der Waals surface area contributed by atoms with Crippen LogP contribution < -0.4 is 5.32 Å². The van der Waals surface area contributed by atoms with Gasteiger partial charge in [-0.3, -0.25) is 15.1 Å². The number of nitro benzene ring substituents is 1. The summed E-state index contributed by atoms with van der Waals surface area (Å²) in [6, 6.07) is 5.34. The minimum atomic E-state index is -0.655. The van der Waals surface area contributed by atoms with Crippen molar-refractivity contribution in [1.82, 2.24) is 4.98 Å². The molecule has 19 heavy (non-hydrogen) atoms. The zero-order valence-electron chi connectivity index (χ0n) is 9.64. The molecule has 1 N–H and O–H groups in total. The number of hydrogen-bond donors (Lipinski definition) is 1. The van der Waals surface area contributed by atoms with Crippen molar-refractivity contribution in [2.24, 2.45) is 0 Å². The second-order valence-electron chi connectivity index (χ2n) is 3.79. The Kier molecular flexibility index (Phi) is 4.06. The zero-order chi connectivity index (χ0) is 13.8. The monoisotopic (exact) mass is 325 g/mol. The first-order chi connectivity index (χ1) is 9.06. The molecule has 1 aromatic heterocycles. The molecule has 0 spiro atoms. The lowest BCUT2D eigenvalue weighted by Crippen LogP contribution is -2.02. The molecule has 0 aliphatic rings. The Labute approximate surface area is 116 Å². The Bertz CT molecular complexity index is 622. The summed E-state index contributed by atoms with van der Waals surface area (Å²) in [6.45, 7) is 0.376. The molecule has 0 radical (unpaired) electrons. The summed E-state index contributed by atoms with van der Waals surface area (Å²) in [7, 11) is 0. The van der Waals surface area contributed by atoms with Crippen LogP contribution in [0.15, 0.2) is 41.1 Å². The van der Waals surface area contributed by atoms with Crippen LogP contribution in [0.1, 0.15) is 5.56 Å². The van der Waals surface area contributed by atoms with E-state index in [0.717, 1.165) is 16.1 Å². The molecule has 1 aromatic carbocycles. The van der Waals surface area contributed by atoms with Crippen LogP contribution in [0.25, 0.3) is 0 Å². The minimum absolute atomic E-state index is 0.213. The Morgan fingerprint density at radius 3 is 2.79 bits per heavy atom. The van der Waals surface area contributed by atoms with Crippen molar-refractivity contribution in [3.8, 4) is 0 Å². The summed E-state index contributed by atoms with van der Waals surface area (Å²) >= 11 is 3.29. The third-order valence-corrected chi connectivity index (χ3v) is 2.84. The van der Waals surface area contributed by atoms with Gasteiger partial charge in [0.15, 0.2) is 5.82 Å². The third kappa shape index (κ3) is 3.47. The first-order valence-electron chi connectivity index (χ1n) is 5.33. The van der Waals surface area contributed by atoms with Crippen LogP contribution in [0, 0.1) is 15.9 Å². The average molecular weight is 326 g/mol. The molecular formula is C12H9BrFN3O2. The molecule has 0 saturated carbocycles. The van der Waals surface area contributed by atoms with E-state index in [4.69, 9.17) is 0 Å². The number of anilines is 1. The highest BCUT2D eigenvalue weighted by Crippen LogP contribution is 2.21. The Morgan fingerprint density at radius 1 is 1.37 bits per heavy atom. The van der Waals surface area contributed by atoms with E-state index in [-0.39, 0.29) is 11.4 Å². The van der Waals surface area contributed by atoms with Gasteiger partial charge in [-0.15, -0.1) is 0 Å². The smallest absolute Gasteiger partial charge is 0.272 e. The number of rotatable bonds is 4. The molecule has 0 saturated heterocycles. The van der Waals surface area contributed by atoms with Crippen LogP contribution in [0.3, 0.4) is 0 Å². The van der Waals surface area contributed by atoms with E-state index < -0.39 is 10.7 Å². The third-order valence-electron chi connectivity index (χ3n) is 2.41. The van der Waals surface area contributed by atoms with E-state index in [1.165, 1.54) is 12.1 Å². The molecule has 0 amide bonds. The van der Waals surface area contributed by atoms with Gasteiger partial charge >= 0.3 is 0 Å². The van der Waals surface area contributed by atoms with Gasteiger partial charge in [0.1, 0.15) is 0 Å². The number of benzene rings is 1. The topological polar surface area (TPSA) is 68.1 Å². The molecule has 0 unspecified atom stereocenters. The fourth-order valence-corrected chi connectivity index (χ4v) is 1.92. The Balaban J connectivity index is 2.10. The van der Waals surface area contributed by atoms with Crippen LogP contribution in [0.4, 0.5) is 15.8 Å². The molecule has 0 bridgehead atoms. The Hall–Kier alpha value is -2.02. The molecular weight excluding hydrogens is 317 g/mol. The van der Waals surface area contributed by atoms with Gasteiger partial charge in [0.2, 0.25) is 0 Å². The first-order valence-corrected chi connectivity index (χ1v) is 6.13. The first kappa shape index (κ1) is 13.4. The lowest BCUT2D eigenvalue weighted by Gasteiger charge is -2.07. The number of pyridine rings is 1. The van der Waals surface area contributed by atoms with Gasteiger partial charge in [-0.05, 0) is 33.6 Å². The van der Waals surface area contributed by atoms with Crippen molar-refractivity contribution in [1.29, 1.82) is 0 Å². The van der Waals surface area contributed by atoms with Crippen molar-refractivity contribution in [2.45, 2.75) is 6.54 Å². The van der Waals surface area contributed by atoms with E-state index in [9.17, 15) is 14.5 Å². The maximum atomic E-state index is 13.6. The molecule has 5 nitrogen and oxygen atoms in total. The van der Waals surface area contributed by atoms with Crippen molar-refractivity contribution in [2.75, 3.05) is 5.32 Å². The summed E-state index contributed by atoms with van der Waals surface area (Å²) in [6.07, 6.45) is 3.30. The predicted molar refractivity (Wildman–Crippen MR) is 72.3 cm³/mol. The molecule has 0 aliphatic carbocycles. The molecule has 0 aliphatic heterocycles. The van der Waals surface area contributed by atoms with Gasteiger partial charge in [-0.1, -0.05) is 0 Å². The van der Waals surface area contributed by atoms with Gasteiger partial charge in [-0.25, -0.2) is 4.39 Å². The fourth-order valence-electron chi connectivity index (χ4n) is 1.51. The van der Waals surface area contributed by atoms with E-state index in [2.05, 4.69) is 26.2 Å². The number of halogens is 2. The number of nitrogens with one attached hydrogen (secondary N) is 1. The van der Waals surface area contributed by atoms with E-state index in [1.807, 2.05) is 6.07 Å². The van der Waals surface area contributed by atoms with E-state index in [0.29, 0.717) is 6.54 Å². The van der Waals surface area contributed by atoms with Crippen molar-refractivity contribution in [3.63, 3.8) is 0 Å². The van der Waals surface area contributed by atoms with Gasteiger partial charge < -0.3 is 5.32 Å². The lowest BCUT2D eigenvalue weighted by molar-refractivity contribution is -0.385. The normalized spacial score (nSPS) is 10.2. The number of nitro groups is 1. The second kappa shape index (κ2) is 5.75. The summed E-state index contributed by atoms with van der Waals surface area (Å²) in [4.78, 5) is 13.8. The minimum Gasteiger partial charge on any atom is -0.379 e. The SMILES string of the molecule is O=[N+]([O-])c1ccc(NCc2cncc(Br)c2)c(F)c1. The van der Waals surface area contributed by atoms with Crippen LogP contribution in [0.2, 0.25) is 0 Å². The molecule has 2 rings (SSSR count). The number of nitrogens with zero attached hydrogens (tertiary/aromatic N) is 2.